The molecule has 0 atom stereocenters. The quantitative estimate of drug-likeness (QED) is 0.428. The van der Waals surface area contributed by atoms with Crippen LogP contribution in [0, 0.1) is 0 Å². The van der Waals surface area contributed by atoms with Crippen LogP contribution in [0.3, 0.4) is 0 Å². The summed E-state index contributed by atoms with van der Waals surface area (Å²) < 4.78 is 10.3. The smallest absolute Gasteiger partial charge is 0.427 e. The Bertz CT molecular complexity index is 430. The minimum absolute atomic E-state index is 0.325. The molecule has 0 aliphatic rings. The van der Waals surface area contributed by atoms with E-state index in [1.807, 2.05) is 24.3 Å². The molecular formula is C16H24N2O3. The maximum absolute atomic E-state index is 11.0. The van der Waals surface area contributed by atoms with Crippen LogP contribution < -0.4 is 10.2 Å². The van der Waals surface area contributed by atoms with Gasteiger partial charge in [0, 0.05) is 0 Å². The van der Waals surface area contributed by atoms with E-state index in [9.17, 15) is 4.79 Å². The summed E-state index contributed by atoms with van der Waals surface area (Å²) in [5, 5.41) is 3.80. The fourth-order valence-corrected chi connectivity index (χ4v) is 1.69. The molecule has 0 saturated heterocycles. The Hall–Kier alpha value is -2.04. The Balaban J connectivity index is 2.29. The van der Waals surface area contributed by atoms with Crippen LogP contribution in [0.15, 0.2) is 29.4 Å². The van der Waals surface area contributed by atoms with E-state index >= 15 is 0 Å². The van der Waals surface area contributed by atoms with Crippen molar-refractivity contribution in [3.8, 4) is 5.75 Å². The van der Waals surface area contributed by atoms with E-state index in [1.165, 1.54) is 19.3 Å². The van der Waals surface area contributed by atoms with Crippen molar-refractivity contribution in [2.24, 2.45) is 5.10 Å². The summed E-state index contributed by atoms with van der Waals surface area (Å²) in [5.74, 6) is 0.849. The largest absolute Gasteiger partial charge is 0.494 e. The van der Waals surface area contributed by atoms with Crippen molar-refractivity contribution in [2.75, 3.05) is 13.2 Å². The maximum Gasteiger partial charge on any atom is 0.427 e. The second kappa shape index (κ2) is 10.7. The average Bonchev–Trinajstić information content (AvgIpc) is 2.49. The number of hydrogen-bond acceptors (Lipinski definition) is 4. The zero-order chi connectivity index (χ0) is 15.3. The van der Waals surface area contributed by atoms with Crippen LogP contribution in [0.5, 0.6) is 5.75 Å². The lowest BCUT2D eigenvalue weighted by atomic mass is 10.2. The molecule has 0 aromatic heterocycles. The van der Waals surface area contributed by atoms with Gasteiger partial charge in [0.1, 0.15) is 5.75 Å². The third-order valence-electron chi connectivity index (χ3n) is 2.79. The second-order valence-electron chi connectivity index (χ2n) is 4.57. The van der Waals surface area contributed by atoms with E-state index in [1.54, 1.807) is 13.1 Å². The number of rotatable bonds is 9. The minimum Gasteiger partial charge on any atom is -0.494 e. The van der Waals surface area contributed by atoms with Gasteiger partial charge in [0.15, 0.2) is 0 Å². The first kappa shape index (κ1) is 17.0. The molecule has 1 aromatic rings. The fraction of sp³-hybridized carbons (Fsp3) is 0.500. The summed E-state index contributed by atoms with van der Waals surface area (Å²) in [6.45, 7) is 5.01. The number of amides is 1. The molecular weight excluding hydrogens is 268 g/mol. The van der Waals surface area contributed by atoms with Gasteiger partial charge in [-0.15, -0.1) is 0 Å². The Labute approximate surface area is 126 Å². The summed E-state index contributed by atoms with van der Waals surface area (Å²) in [4.78, 5) is 11.0. The van der Waals surface area contributed by atoms with Gasteiger partial charge in [0.05, 0.1) is 19.4 Å². The Kier molecular flexibility index (Phi) is 8.68. The lowest BCUT2D eigenvalue weighted by Gasteiger charge is -2.05. The molecule has 0 radical (unpaired) electrons. The molecule has 0 saturated carbocycles. The molecule has 0 unspecified atom stereocenters. The van der Waals surface area contributed by atoms with Crippen LogP contribution >= 0.6 is 0 Å². The molecule has 21 heavy (non-hydrogen) atoms. The number of carbonyl (C=O) groups is 1. The average molecular weight is 292 g/mol. The molecule has 0 aliphatic heterocycles. The van der Waals surface area contributed by atoms with Gasteiger partial charge in [0.2, 0.25) is 0 Å². The van der Waals surface area contributed by atoms with Gasteiger partial charge < -0.3 is 9.47 Å². The van der Waals surface area contributed by atoms with Gasteiger partial charge >= 0.3 is 6.09 Å². The van der Waals surface area contributed by atoms with Gasteiger partial charge in [0.25, 0.3) is 0 Å². The Morgan fingerprint density at radius 1 is 1.19 bits per heavy atom. The van der Waals surface area contributed by atoms with Gasteiger partial charge in [-0.3, -0.25) is 0 Å². The van der Waals surface area contributed by atoms with Gasteiger partial charge in [-0.25, -0.2) is 10.2 Å². The molecule has 5 nitrogen and oxygen atoms in total. The van der Waals surface area contributed by atoms with Crippen molar-refractivity contribution < 1.29 is 14.3 Å². The topological polar surface area (TPSA) is 59.9 Å². The molecule has 5 heteroatoms. The van der Waals surface area contributed by atoms with Crippen LogP contribution in [0.1, 0.15) is 45.1 Å². The molecule has 1 aromatic carbocycles. The SMILES string of the molecule is CCCCCCOc1ccc(/C=N\NC(=O)OCC)cc1. The minimum atomic E-state index is -0.555. The van der Waals surface area contributed by atoms with Crippen molar-refractivity contribution >= 4 is 12.3 Å². The van der Waals surface area contributed by atoms with E-state index < -0.39 is 6.09 Å². The molecule has 0 aliphatic carbocycles. The van der Waals surface area contributed by atoms with Crippen molar-refractivity contribution in [3.63, 3.8) is 0 Å². The Morgan fingerprint density at radius 3 is 2.62 bits per heavy atom. The molecule has 1 N–H and O–H groups in total. The highest BCUT2D eigenvalue weighted by molar-refractivity contribution is 5.80. The summed E-state index contributed by atoms with van der Waals surface area (Å²) in [6.07, 6.45) is 5.78. The van der Waals surface area contributed by atoms with Crippen LogP contribution in [0.25, 0.3) is 0 Å². The zero-order valence-corrected chi connectivity index (χ0v) is 12.8. The number of hydrazone groups is 1. The van der Waals surface area contributed by atoms with Crippen molar-refractivity contribution in [1.29, 1.82) is 0 Å². The molecule has 0 spiro atoms. The van der Waals surface area contributed by atoms with E-state index in [0.29, 0.717) is 6.61 Å². The third kappa shape index (κ3) is 7.97. The lowest BCUT2D eigenvalue weighted by molar-refractivity contribution is 0.152. The molecule has 0 heterocycles. The van der Waals surface area contributed by atoms with Crippen molar-refractivity contribution in [3.05, 3.63) is 29.8 Å². The monoisotopic (exact) mass is 292 g/mol. The highest BCUT2D eigenvalue weighted by Crippen LogP contribution is 2.12. The maximum atomic E-state index is 11.0. The first-order valence-electron chi connectivity index (χ1n) is 7.45. The predicted octanol–water partition coefficient (Wildman–Crippen LogP) is 3.73. The number of hydrogen-bond donors (Lipinski definition) is 1. The molecule has 0 fully saturated rings. The second-order valence-corrected chi connectivity index (χ2v) is 4.57. The van der Waals surface area contributed by atoms with Crippen LogP contribution in [-0.2, 0) is 4.74 Å². The number of ether oxygens (including phenoxy) is 2. The van der Waals surface area contributed by atoms with Crippen LogP contribution in [0.4, 0.5) is 4.79 Å². The number of nitrogens with one attached hydrogen (secondary N) is 1. The Morgan fingerprint density at radius 2 is 1.95 bits per heavy atom. The molecule has 116 valence electrons. The van der Waals surface area contributed by atoms with Crippen molar-refractivity contribution in [2.45, 2.75) is 39.5 Å². The fourth-order valence-electron chi connectivity index (χ4n) is 1.69. The van der Waals surface area contributed by atoms with E-state index in [2.05, 4.69) is 22.2 Å². The standard InChI is InChI=1S/C16H24N2O3/c1-3-5-6-7-12-21-15-10-8-14(9-11-15)13-17-18-16(19)20-4-2/h8-11,13H,3-7,12H2,1-2H3,(H,18,19)/b17-13-. The zero-order valence-electron chi connectivity index (χ0n) is 12.8. The summed E-state index contributed by atoms with van der Waals surface area (Å²) in [7, 11) is 0. The summed E-state index contributed by atoms with van der Waals surface area (Å²) in [5.41, 5.74) is 3.16. The highest BCUT2D eigenvalue weighted by atomic mass is 16.5. The van der Waals surface area contributed by atoms with Gasteiger partial charge in [-0.2, -0.15) is 5.10 Å². The number of unbranched alkanes of at least 4 members (excludes halogenated alkanes) is 3. The van der Waals surface area contributed by atoms with Crippen LogP contribution in [-0.4, -0.2) is 25.5 Å². The van der Waals surface area contributed by atoms with Gasteiger partial charge in [-0.1, -0.05) is 26.2 Å². The number of nitrogens with zero attached hydrogens (tertiary/aromatic N) is 1. The first-order valence-corrected chi connectivity index (χ1v) is 7.45. The van der Waals surface area contributed by atoms with Crippen molar-refractivity contribution in [1.82, 2.24) is 5.43 Å². The number of benzene rings is 1. The van der Waals surface area contributed by atoms with E-state index in [4.69, 9.17) is 4.74 Å². The van der Waals surface area contributed by atoms with E-state index in [0.717, 1.165) is 24.3 Å². The third-order valence-corrected chi connectivity index (χ3v) is 2.79. The summed E-state index contributed by atoms with van der Waals surface area (Å²) >= 11 is 0. The lowest BCUT2D eigenvalue weighted by Crippen LogP contribution is -2.18. The predicted molar refractivity (Wildman–Crippen MR) is 83.8 cm³/mol. The normalized spacial score (nSPS) is 10.6. The van der Waals surface area contributed by atoms with Gasteiger partial charge in [-0.05, 0) is 43.2 Å². The molecule has 1 amide bonds. The molecule has 0 bridgehead atoms. The summed E-state index contributed by atoms with van der Waals surface area (Å²) in [6, 6.07) is 7.56. The first-order chi connectivity index (χ1) is 10.3. The highest BCUT2D eigenvalue weighted by Gasteiger charge is 1.97. The van der Waals surface area contributed by atoms with E-state index in [-0.39, 0.29) is 0 Å². The number of carbonyl (C=O) groups excluding carboxylic acids is 1. The van der Waals surface area contributed by atoms with Crippen LogP contribution in [0.2, 0.25) is 0 Å². The molecule has 1 rings (SSSR count).